The van der Waals surface area contributed by atoms with Crippen molar-refractivity contribution < 1.29 is 27.6 Å². The van der Waals surface area contributed by atoms with Crippen molar-refractivity contribution in [1.29, 1.82) is 0 Å². The van der Waals surface area contributed by atoms with Crippen LogP contribution in [0.25, 0.3) is 0 Å². The number of ether oxygens (including phenoxy) is 1. The highest BCUT2D eigenvalue weighted by Gasteiger charge is 2.25. The first kappa shape index (κ1) is 17.6. The summed E-state index contributed by atoms with van der Waals surface area (Å²) in [6, 6.07) is 3.62. The molecular weight excluding hydrogens is 322 g/mol. The molecule has 0 amide bonds. The number of halogens is 1. The number of Topliss-reactive ketones (excluding diaryl/α,β-unsaturated/α-hetero) is 1. The Morgan fingerprint density at radius 2 is 1.95 bits per heavy atom. The zero-order chi connectivity index (χ0) is 16.2. The quantitative estimate of drug-likeness (QED) is 0.574. The molecule has 0 spiro atoms. The minimum Gasteiger partial charge on any atom is -0.454 e. The van der Waals surface area contributed by atoms with Gasteiger partial charge in [0.1, 0.15) is 11.5 Å². The Hall–Kier alpha value is -1.48. The maximum Gasteiger partial charge on any atom is 0.338 e. The first-order valence-electron chi connectivity index (χ1n) is 5.69. The van der Waals surface area contributed by atoms with Gasteiger partial charge in [-0.15, -0.1) is 0 Å². The molecule has 0 heterocycles. The number of benzene rings is 1. The Labute approximate surface area is 127 Å². The first-order chi connectivity index (χ1) is 9.70. The molecule has 0 radical (unpaired) electrons. The summed E-state index contributed by atoms with van der Waals surface area (Å²) in [5, 5.41) is -0.0676. The molecule has 0 atom stereocenters. The van der Waals surface area contributed by atoms with E-state index in [4.69, 9.17) is 16.3 Å². The van der Waals surface area contributed by atoms with Gasteiger partial charge in [0.2, 0.25) is 0 Å². The van der Waals surface area contributed by atoms with Gasteiger partial charge in [0.25, 0.3) is 10.0 Å². The number of carbonyl (C=O) groups is 2. The van der Waals surface area contributed by atoms with Crippen molar-refractivity contribution in [3.63, 3.8) is 0 Å². The fourth-order valence-corrected chi connectivity index (χ4v) is 2.79. The van der Waals surface area contributed by atoms with Crippen molar-refractivity contribution in [3.05, 3.63) is 28.8 Å². The van der Waals surface area contributed by atoms with Crippen LogP contribution in [0.5, 0.6) is 0 Å². The van der Waals surface area contributed by atoms with Crippen molar-refractivity contribution in [2.24, 2.45) is 0 Å². The maximum atomic E-state index is 12.1. The fourth-order valence-electron chi connectivity index (χ4n) is 1.32. The zero-order valence-electron chi connectivity index (χ0n) is 11.6. The molecule has 0 bridgehead atoms. The van der Waals surface area contributed by atoms with E-state index in [1.807, 2.05) is 0 Å². The maximum absolute atomic E-state index is 12.1. The van der Waals surface area contributed by atoms with Crippen LogP contribution in [0.3, 0.4) is 0 Å². The van der Waals surface area contributed by atoms with Crippen LogP contribution in [0, 0.1) is 0 Å². The molecule has 116 valence electrons. The van der Waals surface area contributed by atoms with Crippen LogP contribution < -0.4 is 0 Å². The SMILES string of the molecule is CON(C)S(=O)(=O)c1cc(C(=O)OCC(C)=O)ccc1Cl. The number of rotatable bonds is 6. The highest BCUT2D eigenvalue weighted by atomic mass is 35.5. The molecule has 21 heavy (non-hydrogen) atoms. The molecule has 0 unspecified atom stereocenters. The number of hydrogen-bond donors (Lipinski definition) is 0. The fraction of sp³-hybridized carbons (Fsp3) is 0.333. The first-order valence-corrected chi connectivity index (χ1v) is 7.51. The highest BCUT2D eigenvalue weighted by Crippen LogP contribution is 2.25. The second-order valence-electron chi connectivity index (χ2n) is 4.02. The Morgan fingerprint density at radius 3 is 2.48 bits per heavy atom. The van der Waals surface area contributed by atoms with Gasteiger partial charge in [0.05, 0.1) is 17.7 Å². The third-order valence-electron chi connectivity index (χ3n) is 2.45. The van der Waals surface area contributed by atoms with Crippen LogP contribution in [-0.2, 0) is 24.4 Å². The third kappa shape index (κ3) is 4.24. The highest BCUT2D eigenvalue weighted by molar-refractivity contribution is 7.89. The molecule has 0 aliphatic carbocycles. The standard InChI is InChI=1S/C12H14ClNO6S/c1-8(15)7-20-12(16)9-4-5-10(13)11(6-9)21(17,18)14(2)19-3/h4-6H,7H2,1-3H3. The van der Waals surface area contributed by atoms with E-state index in [0.29, 0.717) is 4.47 Å². The monoisotopic (exact) mass is 335 g/mol. The number of esters is 1. The summed E-state index contributed by atoms with van der Waals surface area (Å²) in [6.07, 6.45) is 0. The van der Waals surface area contributed by atoms with Crippen molar-refractivity contribution >= 4 is 33.4 Å². The van der Waals surface area contributed by atoms with Gasteiger partial charge in [-0.2, -0.15) is 0 Å². The number of hydroxylamine groups is 1. The summed E-state index contributed by atoms with van der Waals surface area (Å²) in [6.45, 7) is 0.875. The molecule has 0 saturated heterocycles. The molecule has 0 aliphatic heterocycles. The van der Waals surface area contributed by atoms with Crippen molar-refractivity contribution in [3.8, 4) is 0 Å². The summed E-state index contributed by atoms with van der Waals surface area (Å²) in [5.74, 6) is -1.15. The van der Waals surface area contributed by atoms with Gasteiger partial charge in [0.15, 0.2) is 5.78 Å². The van der Waals surface area contributed by atoms with E-state index in [2.05, 4.69) is 4.84 Å². The molecule has 1 rings (SSSR count). The molecule has 1 aromatic rings. The summed E-state index contributed by atoms with van der Waals surface area (Å²) in [5.41, 5.74) is -0.0382. The number of carbonyl (C=O) groups excluding carboxylic acids is 2. The molecule has 1 aromatic carbocycles. The Kier molecular flexibility index (Phi) is 5.85. The normalized spacial score (nSPS) is 11.5. The van der Waals surface area contributed by atoms with Crippen LogP contribution in [0.4, 0.5) is 0 Å². The third-order valence-corrected chi connectivity index (χ3v) is 4.61. The van der Waals surface area contributed by atoms with Crippen molar-refractivity contribution in [2.45, 2.75) is 11.8 Å². The van der Waals surface area contributed by atoms with Crippen molar-refractivity contribution in [2.75, 3.05) is 20.8 Å². The van der Waals surface area contributed by atoms with Crippen LogP contribution in [0.2, 0.25) is 5.02 Å². The van der Waals surface area contributed by atoms with E-state index in [0.717, 1.165) is 6.07 Å². The predicted molar refractivity (Wildman–Crippen MR) is 74.4 cm³/mol. The lowest BCUT2D eigenvalue weighted by molar-refractivity contribution is -0.120. The van der Waals surface area contributed by atoms with E-state index in [-0.39, 0.29) is 27.9 Å². The van der Waals surface area contributed by atoms with Gasteiger partial charge in [-0.3, -0.25) is 9.63 Å². The van der Waals surface area contributed by atoms with Gasteiger partial charge in [0, 0.05) is 7.05 Å². The zero-order valence-corrected chi connectivity index (χ0v) is 13.2. The van der Waals surface area contributed by atoms with E-state index in [1.54, 1.807) is 0 Å². The van der Waals surface area contributed by atoms with Gasteiger partial charge in [-0.05, 0) is 25.1 Å². The van der Waals surface area contributed by atoms with Gasteiger partial charge < -0.3 is 4.74 Å². The van der Waals surface area contributed by atoms with Gasteiger partial charge >= 0.3 is 5.97 Å². The van der Waals surface area contributed by atoms with Crippen LogP contribution in [0.15, 0.2) is 23.1 Å². The lowest BCUT2D eigenvalue weighted by atomic mass is 10.2. The van der Waals surface area contributed by atoms with Crippen LogP contribution in [0.1, 0.15) is 17.3 Å². The number of hydrogen-bond acceptors (Lipinski definition) is 6. The number of nitrogens with zero attached hydrogens (tertiary/aromatic N) is 1. The molecule has 7 nitrogen and oxygen atoms in total. The molecule has 0 N–H and O–H groups in total. The second-order valence-corrected chi connectivity index (χ2v) is 6.33. The van der Waals surface area contributed by atoms with E-state index in [1.165, 1.54) is 33.2 Å². The molecule has 0 aliphatic rings. The Balaban J connectivity index is 3.17. The van der Waals surface area contributed by atoms with Crippen LogP contribution in [-0.4, -0.2) is 45.4 Å². The van der Waals surface area contributed by atoms with Gasteiger partial charge in [-0.1, -0.05) is 16.1 Å². The van der Waals surface area contributed by atoms with Gasteiger partial charge in [-0.25, -0.2) is 13.2 Å². The Morgan fingerprint density at radius 1 is 1.33 bits per heavy atom. The average molecular weight is 336 g/mol. The minimum atomic E-state index is -4.00. The summed E-state index contributed by atoms with van der Waals surface area (Å²) >= 11 is 5.85. The Bertz CT molecular complexity index is 658. The molecule has 0 aromatic heterocycles. The summed E-state index contributed by atoms with van der Waals surface area (Å²) in [4.78, 5) is 26.8. The number of ketones is 1. The van der Waals surface area contributed by atoms with E-state index in [9.17, 15) is 18.0 Å². The molecule has 0 fully saturated rings. The smallest absolute Gasteiger partial charge is 0.338 e. The topological polar surface area (TPSA) is 90.0 Å². The molecular formula is C12H14ClNO6S. The summed E-state index contributed by atoms with van der Waals surface area (Å²) in [7, 11) is -1.64. The average Bonchev–Trinajstić information content (AvgIpc) is 2.43. The largest absolute Gasteiger partial charge is 0.454 e. The predicted octanol–water partition coefficient (Wildman–Crippen LogP) is 1.27. The second kappa shape index (κ2) is 6.99. The number of sulfonamides is 1. The van der Waals surface area contributed by atoms with Crippen LogP contribution >= 0.6 is 11.6 Å². The minimum absolute atomic E-state index is 0.0382. The summed E-state index contributed by atoms with van der Waals surface area (Å²) < 4.78 is 29.6. The molecule has 0 saturated carbocycles. The molecule has 9 heteroatoms. The lowest BCUT2D eigenvalue weighted by Gasteiger charge is -2.15. The lowest BCUT2D eigenvalue weighted by Crippen LogP contribution is -2.26. The van der Waals surface area contributed by atoms with Crippen molar-refractivity contribution in [1.82, 2.24) is 4.47 Å². The van der Waals surface area contributed by atoms with E-state index < -0.39 is 16.0 Å². The van der Waals surface area contributed by atoms with E-state index >= 15 is 0 Å².